The van der Waals surface area contributed by atoms with Gasteiger partial charge in [-0.1, -0.05) is 19.6 Å². The second kappa shape index (κ2) is 9.27. The Morgan fingerprint density at radius 3 is 2.32 bits per heavy atom. The van der Waals surface area contributed by atoms with Crippen LogP contribution in [0.1, 0.15) is 13.3 Å². The Balaban J connectivity index is 0. The van der Waals surface area contributed by atoms with Crippen molar-refractivity contribution in [3.63, 3.8) is 0 Å². The summed E-state index contributed by atoms with van der Waals surface area (Å²) >= 11 is 0. The summed E-state index contributed by atoms with van der Waals surface area (Å²) < 4.78 is 35.5. The predicted molar refractivity (Wildman–Crippen MR) is 59.9 cm³/mol. The van der Waals surface area contributed by atoms with Crippen LogP contribution in [0.4, 0.5) is 0 Å². The topological polar surface area (TPSA) is 121 Å². The van der Waals surface area contributed by atoms with Gasteiger partial charge in [0.15, 0.2) is 0 Å². The van der Waals surface area contributed by atoms with Crippen molar-refractivity contribution in [1.29, 1.82) is 0 Å². The summed E-state index contributed by atoms with van der Waals surface area (Å²) in [5.74, 6) is -2.92. The molecule has 1 N–H and O–H groups in total. The van der Waals surface area contributed by atoms with Crippen LogP contribution in [0.5, 0.6) is 0 Å². The average Bonchev–Trinajstić information content (AvgIpc) is 2.23. The summed E-state index contributed by atoms with van der Waals surface area (Å²) in [6, 6.07) is 0. The second-order valence-corrected chi connectivity index (χ2v) is 4.82. The van der Waals surface area contributed by atoms with Crippen LogP contribution in [-0.2, 0) is 24.4 Å². The van der Waals surface area contributed by atoms with Crippen LogP contribution in [0.3, 0.4) is 0 Å². The molecule has 0 aliphatic rings. The van der Waals surface area contributed by atoms with Crippen LogP contribution in [0.25, 0.3) is 0 Å². The third-order valence-corrected chi connectivity index (χ3v) is 3.22. The molecule has 7 nitrogen and oxygen atoms in total. The number of carboxylic acid groups (broad SMARTS) is 1. The molecule has 0 rings (SSSR count). The first-order valence-corrected chi connectivity index (χ1v) is 6.41. The number of hydrogen-bond acceptors (Lipinski definition) is 6. The summed E-state index contributed by atoms with van der Waals surface area (Å²) in [6.45, 7) is 4.42. The van der Waals surface area contributed by atoms with E-state index in [2.05, 4.69) is 11.3 Å². The van der Waals surface area contributed by atoms with Crippen LogP contribution in [0.2, 0.25) is 0 Å². The molecule has 9 heteroatoms. The van der Waals surface area contributed by atoms with Gasteiger partial charge in [-0.05, 0) is 12.5 Å². The Kier molecular flexibility index (Phi) is 10.1. The van der Waals surface area contributed by atoms with E-state index in [1.807, 2.05) is 0 Å². The van der Waals surface area contributed by atoms with E-state index in [4.69, 9.17) is 4.55 Å². The number of rotatable bonds is 7. The van der Waals surface area contributed by atoms with Gasteiger partial charge in [0.1, 0.15) is 11.9 Å². The number of aliphatic carboxylic acids is 1. The molecule has 19 heavy (non-hydrogen) atoms. The van der Waals surface area contributed by atoms with Gasteiger partial charge >= 0.3 is 35.5 Å². The molecule has 0 heterocycles. The fraction of sp³-hybridized carbons (Fsp3) is 0.400. The van der Waals surface area contributed by atoms with Gasteiger partial charge in [-0.25, -0.2) is 4.79 Å². The van der Waals surface area contributed by atoms with E-state index in [-0.39, 0.29) is 42.6 Å². The minimum Gasteiger partial charge on any atom is -0.545 e. The Hall–Kier alpha value is -0.670. The van der Waals surface area contributed by atoms with Gasteiger partial charge in [-0.3, -0.25) is 4.55 Å². The van der Waals surface area contributed by atoms with E-state index >= 15 is 0 Å². The van der Waals surface area contributed by atoms with Crippen molar-refractivity contribution in [1.82, 2.24) is 0 Å². The molecule has 1 unspecified atom stereocenters. The summed E-state index contributed by atoms with van der Waals surface area (Å²) in [7, 11) is -4.62. The third-order valence-electron chi connectivity index (χ3n) is 1.92. The van der Waals surface area contributed by atoms with Crippen LogP contribution >= 0.6 is 0 Å². The van der Waals surface area contributed by atoms with Crippen molar-refractivity contribution in [2.45, 2.75) is 18.6 Å². The Bertz CT molecular complexity index is 466. The van der Waals surface area contributed by atoms with E-state index in [9.17, 15) is 23.1 Å². The van der Waals surface area contributed by atoms with Crippen molar-refractivity contribution in [2.75, 3.05) is 6.61 Å². The van der Waals surface area contributed by atoms with E-state index in [1.54, 1.807) is 0 Å². The first-order chi connectivity index (χ1) is 8.23. The number of esters is 1. The molecule has 102 valence electrons. The monoisotopic (exact) mass is 300 g/mol. The predicted octanol–water partition coefficient (Wildman–Crippen LogP) is -3.94. The zero-order chi connectivity index (χ0) is 14.3. The molecule has 0 fully saturated rings. The van der Waals surface area contributed by atoms with Gasteiger partial charge in [0, 0.05) is 0 Å². The van der Waals surface area contributed by atoms with Crippen molar-refractivity contribution in [3.05, 3.63) is 24.3 Å². The van der Waals surface area contributed by atoms with Crippen molar-refractivity contribution in [3.8, 4) is 0 Å². The molecule has 0 aliphatic heterocycles. The first kappa shape index (κ1) is 20.6. The van der Waals surface area contributed by atoms with Crippen molar-refractivity contribution >= 4 is 22.1 Å². The number of carbonyl (C=O) groups excluding carboxylic acids is 2. The number of ether oxygens (including phenoxy) is 1. The van der Waals surface area contributed by atoms with Gasteiger partial charge in [-0.2, -0.15) is 8.42 Å². The van der Waals surface area contributed by atoms with Crippen LogP contribution in [0, 0.1) is 0 Å². The Morgan fingerprint density at radius 2 is 2.00 bits per heavy atom. The average molecular weight is 300 g/mol. The Morgan fingerprint density at radius 1 is 1.47 bits per heavy atom. The fourth-order valence-electron chi connectivity index (χ4n) is 1.22. The second-order valence-electron chi connectivity index (χ2n) is 3.22. The number of carboxylic acids is 1. The Labute approximate surface area is 133 Å². The zero-order valence-electron chi connectivity index (χ0n) is 10.7. The molecule has 0 aromatic carbocycles. The third kappa shape index (κ3) is 7.48. The number of hydrogen-bond donors (Lipinski definition) is 1. The van der Waals surface area contributed by atoms with E-state index in [1.165, 1.54) is 13.0 Å². The first-order valence-electron chi connectivity index (χ1n) is 4.90. The maximum atomic E-state index is 11.5. The molecule has 0 saturated carbocycles. The molecule has 0 aromatic rings. The van der Waals surface area contributed by atoms with E-state index < -0.39 is 32.9 Å². The zero-order valence-corrected chi connectivity index (χ0v) is 13.5. The van der Waals surface area contributed by atoms with Crippen molar-refractivity contribution in [2.24, 2.45) is 0 Å². The molecule has 0 saturated heterocycles. The van der Waals surface area contributed by atoms with Crippen LogP contribution in [0.15, 0.2) is 24.3 Å². The van der Waals surface area contributed by atoms with E-state index in [0.717, 1.165) is 0 Å². The maximum Gasteiger partial charge on any atom is 1.00 e. The minimum absolute atomic E-state index is 0. The SMILES string of the molecule is C=CCOC(=O)C(=CC(=O)[O-])C(CC)S(=O)(=O)O.[Na+]. The van der Waals surface area contributed by atoms with Gasteiger partial charge in [0.2, 0.25) is 0 Å². The maximum absolute atomic E-state index is 11.5. The molecule has 0 radical (unpaired) electrons. The molecule has 0 aromatic heterocycles. The van der Waals surface area contributed by atoms with Crippen LogP contribution in [-0.4, -0.2) is 36.8 Å². The standard InChI is InChI=1S/C10H14O7S.Na/c1-3-5-17-10(13)7(6-9(11)12)8(4-2)18(14,15)16;/h3,6,8H,1,4-5H2,2H3,(H,11,12)(H,14,15,16);/q;+1/p-1. The molecule has 0 spiro atoms. The summed E-state index contributed by atoms with van der Waals surface area (Å²) in [6.07, 6.45) is 1.33. The van der Waals surface area contributed by atoms with Crippen LogP contribution < -0.4 is 34.7 Å². The van der Waals surface area contributed by atoms with Gasteiger partial charge in [-0.15, -0.1) is 0 Å². The fourth-order valence-corrected chi connectivity index (χ4v) is 2.13. The normalized spacial score (nSPS) is 13.1. The van der Waals surface area contributed by atoms with Gasteiger partial charge in [0.25, 0.3) is 10.1 Å². The summed E-state index contributed by atoms with van der Waals surface area (Å²) in [5.41, 5.74) is -0.693. The summed E-state index contributed by atoms with van der Waals surface area (Å²) in [4.78, 5) is 21.9. The molecular formula is C10H13NaO7S. The molecular weight excluding hydrogens is 287 g/mol. The smallest absolute Gasteiger partial charge is 0.545 e. The molecule has 0 amide bonds. The van der Waals surface area contributed by atoms with E-state index in [0.29, 0.717) is 6.08 Å². The minimum atomic E-state index is -4.62. The summed E-state index contributed by atoms with van der Waals surface area (Å²) in [5, 5.41) is 8.77. The number of carbonyl (C=O) groups is 2. The largest absolute Gasteiger partial charge is 1.00 e. The molecule has 0 aliphatic carbocycles. The van der Waals surface area contributed by atoms with Gasteiger partial charge < -0.3 is 14.6 Å². The van der Waals surface area contributed by atoms with Crippen molar-refractivity contribution < 1.29 is 62.0 Å². The molecule has 0 bridgehead atoms. The van der Waals surface area contributed by atoms with Gasteiger partial charge in [0.05, 0.1) is 11.5 Å². The molecule has 1 atom stereocenters. The quantitative estimate of drug-likeness (QED) is 0.167.